The summed E-state index contributed by atoms with van der Waals surface area (Å²) in [5.41, 5.74) is 2.53. The van der Waals surface area contributed by atoms with Crippen LogP contribution in [0.2, 0.25) is 0 Å². The van der Waals surface area contributed by atoms with E-state index >= 15 is 0 Å². The first kappa shape index (κ1) is 13.7. The van der Waals surface area contributed by atoms with Crippen molar-refractivity contribution in [2.24, 2.45) is 0 Å². The van der Waals surface area contributed by atoms with Gasteiger partial charge in [0.1, 0.15) is 5.75 Å². The van der Waals surface area contributed by atoms with E-state index in [9.17, 15) is 0 Å². The van der Waals surface area contributed by atoms with Crippen LogP contribution in [0.25, 0.3) is 10.9 Å². The van der Waals surface area contributed by atoms with Gasteiger partial charge in [-0.15, -0.1) is 0 Å². The topological polar surface area (TPSA) is 26.2 Å². The van der Waals surface area contributed by atoms with Crippen molar-refractivity contribution in [1.29, 1.82) is 0 Å². The zero-order valence-corrected chi connectivity index (χ0v) is 12.3. The predicted molar refractivity (Wildman–Crippen MR) is 86.6 cm³/mol. The molecule has 3 rings (SSSR count). The Kier molecular flexibility index (Phi) is 4.22. The number of fused-ring (bicyclic) bond motifs is 1. The summed E-state index contributed by atoms with van der Waals surface area (Å²) in [7, 11) is 1.72. The highest BCUT2D eigenvalue weighted by atomic mass is 16.5. The van der Waals surface area contributed by atoms with Gasteiger partial charge in [0, 0.05) is 31.2 Å². The first-order valence-corrected chi connectivity index (χ1v) is 7.25. The molecule has 0 unspecified atom stereocenters. The monoisotopic (exact) mass is 280 g/mol. The molecule has 3 heteroatoms. The zero-order chi connectivity index (χ0) is 14.5. The lowest BCUT2D eigenvalue weighted by Gasteiger charge is -2.08. The van der Waals surface area contributed by atoms with Gasteiger partial charge in [-0.25, -0.2) is 0 Å². The third-order valence-electron chi connectivity index (χ3n) is 3.70. The number of hydrogen-bond acceptors (Lipinski definition) is 2. The number of aromatic nitrogens is 1. The maximum Gasteiger partial charge on any atom is 0.128 e. The lowest BCUT2D eigenvalue weighted by Crippen LogP contribution is -2.19. The number of benzene rings is 2. The Labute approximate surface area is 125 Å². The van der Waals surface area contributed by atoms with Gasteiger partial charge in [-0.05, 0) is 23.8 Å². The average molecular weight is 280 g/mol. The van der Waals surface area contributed by atoms with E-state index in [4.69, 9.17) is 4.74 Å². The molecular formula is C18H20N2O. The number of methoxy groups -OCH3 is 1. The van der Waals surface area contributed by atoms with E-state index < -0.39 is 0 Å². The average Bonchev–Trinajstić information content (AvgIpc) is 2.96. The van der Waals surface area contributed by atoms with Crippen molar-refractivity contribution in [3.05, 3.63) is 66.4 Å². The van der Waals surface area contributed by atoms with Crippen LogP contribution >= 0.6 is 0 Å². The van der Waals surface area contributed by atoms with Crippen molar-refractivity contribution in [2.75, 3.05) is 13.7 Å². The molecule has 1 aromatic heterocycles. The fourth-order valence-corrected chi connectivity index (χ4v) is 2.60. The first-order chi connectivity index (χ1) is 10.4. The minimum Gasteiger partial charge on any atom is -0.496 e. The van der Waals surface area contributed by atoms with Gasteiger partial charge in [-0.3, -0.25) is 0 Å². The Morgan fingerprint density at radius 1 is 1.00 bits per heavy atom. The predicted octanol–water partition coefficient (Wildman–Crippen LogP) is 3.44. The summed E-state index contributed by atoms with van der Waals surface area (Å²) in [5, 5.41) is 4.65. The number of nitrogens with zero attached hydrogens (tertiary/aromatic N) is 1. The quantitative estimate of drug-likeness (QED) is 0.700. The summed E-state index contributed by atoms with van der Waals surface area (Å²) in [6.45, 7) is 2.79. The molecule has 1 heterocycles. The van der Waals surface area contributed by atoms with E-state index in [1.54, 1.807) is 7.11 Å². The van der Waals surface area contributed by atoms with Gasteiger partial charge in [0.05, 0.1) is 12.6 Å². The molecule has 108 valence electrons. The lowest BCUT2D eigenvalue weighted by atomic mass is 10.2. The molecule has 3 aromatic rings. The first-order valence-electron chi connectivity index (χ1n) is 7.25. The Bertz CT molecular complexity index is 704. The highest BCUT2D eigenvalue weighted by Crippen LogP contribution is 2.25. The molecule has 0 atom stereocenters. The fraction of sp³-hybridized carbons (Fsp3) is 0.222. The number of nitrogens with one attached hydrogen (secondary N) is 1. The number of hydrogen-bond donors (Lipinski definition) is 1. The maximum atomic E-state index is 5.40. The second kappa shape index (κ2) is 6.46. The summed E-state index contributed by atoms with van der Waals surface area (Å²) < 4.78 is 7.66. The van der Waals surface area contributed by atoms with Crippen LogP contribution < -0.4 is 10.1 Å². The van der Waals surface area contributed by atoms with E-state index in [1.807, 2.05) is 18.2 Å². The van der Waals surface area contributed by atoms with Crippen molar-refractivity contribution in [3.63, 3.8) is 0 Å². The van der Waals surface area contributed by atoms with Gasteiger partial charge in [-0.1, -0.05) is 36.4 Å². The van der Waals surface area contributed by atoms with Crippen LogP contribution in [0, 0.1) is 0 Å². The Hall–Kier alpha value is -2.26. The molecule has 0 fully saturated rings. The van der Waals surface area contributed by atoms with E-state index in [0.29, 0.717) is 0 Å². The lowest BCUT2D eigenvalue weighted by molar-refractivity contribution is 0.420. The molecule has 3 nitrogen and oxygen atoms in total. The Morgan fingerprint density at radius 3 is 2.67 bits per heavy atom. The van der Waals surface area contributed by atoms with Gasteiger partial charge < -0.3 is 14.6 Å². The highest BCUT2D eigenvalue weighted by molar-refractivity contribution is 5.86. The molecule has 0 radical (unpaired) electrons. The van der Waals surface area contributed by atoms with Crippen molar-refractivity contribution in [1.82, 2.24) is 9.88 Å². The molecule has 0 aliphatic rings. The number of ether oxygens (including phenoxy) is 1. The third-order valence-corrected chi connectivity index (χ3v) is 3.70. The molecule has 0 aliphatic carbocycles. The van der Waals surface area contributed by atoms with Crippen LogP contribution in [0.4, 0.5) is 0 Å². The largest absolute Gasteiger partial charge is 0.496 e. The van der Waals surface area contributed by atoms with Crippen LogP contribution in [-0.4, -0.2) is 18.2 Å². The molecular weight excluding hydrogens is 260 g/mol. The third kappa shape index (κ3) is 3.09. The smallest absolute Gasteiger partial charge is 0.128 e. The van der Waals surface area contributed by atoms with Gasteiger partial charge in [0.2, 0.25) is 0 Å². The van der Waals surface area contributed by atoms with Gasteiger partial charge >= 0.3 is 0 Å². The molecule has 0 bridgehead atoms. The van der Waals surface area contributed by atoms with Crippen molar-refractivity contribution >= 4 is 10.9 Å². The standard InChI is InChI=1S/C18H20N2O/c1-21-18-9-5-8-17-16(18)10-12-20(17)13-11-19-14-15-6-3-2-4-7-15/h2-10,12,19H,11,13-14H2,1H3. The van der Waals surface area contributed by atoms with E-state index in [1.165, 1.54) is 16.5 Å². The van der Waals surface area contributed by atoms with Crippen LogP contribution in [-0.2, 0) is 13.1 Å². The van der Waals surface area contributed by atoms with Crippen molar-refractivity contribution < 1.29 is 4.74 Å². The van der Waals surface area contributed by atoms with Crippen LogP contribution in [0.1, 0.15) is 5.56 Å². The van der Waals surface area contributed by atoms with Gasteiger partial charge in [0.15, 0.2) is 0 Å². The Morgan fingerprint density at radius 2 is 1.86 bits per heavy atom. The van der Waals surface area contributed by atoms with Crippen LogP contribution in [0.5, 0.6) is 5.75 Å². The molecule has 0 amide bonds. The molecule has 21 heavy (non-hydrogen) atoms. The van der Waals surface area contributed by atoms with Crippen LogP contribution in [0.15, 0.2) is 60.8 Å². The Balaban J connectivity index is 1.61. The minimum absolute atomic E-state index is 0.906. The van der Waals surface area contributed by atoms with E-state index in [0.717, 1.165) is 25.4 Å². The van der Waals surface area contributed by atoms with Crippen LogP contribution in [0.3, 0.4) is 0 Å². The second-order valence-electron chi connectivity index (χ2n) is 5.06. The maximum absolute atomic E-state index is 5.40. The summed E-state index contributed by atoms with van der Waals surface area (Å²) in [6, 6.07) is 18.8. The summed E-state index contributed by atoms with van der Waals surface area (Å²) >= 11 is 0. The van der Waals surface area contributed by atoms with E-state index in [2.05, 4.69) is 52.5 Å². The minimum atomic E-state index is 0.906. The highest BCUT2D eigenvalue weighted by Gasteiger charge is 2.05. The second-order valence-corrected chi connectivity index (χ2v) is 5.06. The fourth-order valence-electron chi connectivity index (χ4n) is 2.60. The van der Waals surface area contributed by atoms with Gasteiger partial charge in [-0.2, -0.15) is 0 Å². The molecule has 0 saturated carbocycles. The molecule has 0 saturated heterocycles. The van der Waals surface area contributed by atoms with Crippen molar-refractivity contribution in [3.8, 4) is 5.75 Å². The number of rotatable bonds is 6. The summed E-state index contributed by atoms with van der Waals surface area (Å²) in [4.78, 5) is 0. The molecule has 0 spiro atoms. The summed E-state index contributed by atoms with van der Waals surface area (Å²) in [5.74, 6) is 0.934. The van der Waals surface area contributed by atoms with E-state index in [-0.39, 0.29) is 0 Å². The van der Waals surface area contributed by atoms with Crippen molar-refractivity contribution in [2.45, 2.75) is 13.1 Å². The molecule has 2 aromatic carbocycles. The zero-order valence-electron chi connectivity index (χ0n) is 12.3. The summed E-state index contributed by atoms with van der Waals surface area (Å²) in [6.07, 6.45) is 2.12. The molecule has 0 aliphatic heterocycles. The van der Waals surface area contributed by atoms with Gasteiger partial charge in [0.25, 0.3) is 0 Å². The molecule has 1 N–H and O–H groups in total. The normalized spacial score (nSPS) is 10.9. The SMILES string of the molecule is COc1cccc2c1ccn2CCNCc1ccccc1.